The maximum Gasteiger partial charge on any atom is 0.129 e. The molecule has 0 heterocycles. The van der Waals surface area contributed by atoms with Crippen molar-refractivity contribution in [3.8, 4) is 17.2 Å². The largest absolute Gasteiger partial charge is 0.494 e. The van der Waals surface area contributed by atoms with E-state index in [1.165, 1.54) is 0 Å². The molecule has 4 heteroatoms. The summed E-state index contributed by atoms with van der Waals surface area (Å²) in [4.78, 5) is 0. The topological polar surface area (TPSA) is 53.7 Å². The number of nitrogens with two attached hydrogens (primary N) is 1. The molecule has 0 unspecified atom stereocenters. The van der Waals surface area contributed by atoms with E-state index in [0.717, 1.165) is 29.2 Å². The Balaban J connectivity index is 3.15. The molecule has 0 amide bonds. The monoisotopic (exact) mass is 253 g/mol. The molecule has 0 atom stereocenters. The predicted molar refractivity (Wildman–Crippen MR) is 72.7 cm³/mol. The summed E-state index contributed by atoms with van der Waals surface area (Å²) in [6.07, 6.45) is 0.733. The zero-order valence-electron chi connectivity index (χ0n) is 11.5. The lowest BCUT2D eigenvalue weighted by atomic mass is 10.1. The van der Waals surface area contributed by atoms with Gasteiger partial charge >= 0.3 is 0 Å². The summed E-state index contributed by atoms with van der Waals surface area (Å²) in [5.41, 5.74) is 6.66. The maximum atomic E-state index is 5.65. The summed E-state index contributed by atoms with van der Waals surface area (Å²) < 4.78 is 16.8. The Kier molecular flexibility index (Phi) is 6.36. The van der Waals surface area contributed by atoms with E-state index in [2.05, 4.69) is 0 Å². The van der Waals surface area contributed by atoms with Crippen molar-refractivity contribution in [2.75, 3.05) is 26.4 Å². The molecular weight excluding hydrogens is 230 g/mol. The van der Waals surface area contributed by atoms with Crippen LogP contribution in [0, 0.1) is 0 Å². The van der Waals surface area contributed by atoms with Gasteiger partial charge in [-0.1, -0.05) is 0 Å². The van der Waals surface area contributed by atoms with Crippen LogP contribution in [0.25, 0.3) is 0 Å². The first-order valence-corrected chi connectivity index (χ1v) is 6.52. The summed E-state index contributed by atoms with van der Waals surface area (Å²) in [7, 11) is 0. The zero-order chi connectivity index (χ0) is 13.4. The summed E-state index contributed by atoms with van der Waals surface area (Å²) >= 11 is 0. The minimum absolute atomic E-state index is 0.564. The molecule has 0 aliphatic carbocycles. The summed E-state index contributed by atoms with van der Waals surface area (Å²) in [6.45, 7) is 8.27. The molecule has 0 saturated heterocycles. The Morgan fingerprint density at radius 3 is 1.78 bits per heavy atom. The van der Waals surface area contributed by atoms with Crippen LogP contribution in [0.5, 0.6) is 17.2 Å². The van der Waals surface area contributed by atoms with Crippen molar-refractivity contribution in [1.82, 2.24) is 0 Å². The fraction of sp³-hybridized carbons (Fsp3) is 0.571. The number of hydrogen-bond acceptors (Lipinski definition) is 4. The highest BCUT2D eigenvalue weighted by Crippen LogP contribution is 2.34. The molecule has 1 aromatic carbocycles. The van der Waals surface area contributed by atoms with Gasteiger partial charge in [-0.15, -0.1) is 0 Å². The molecule has 1 aromatic rings. The van der Waals surface area contributed by atoms with E-state index in [1.807, 2.05) is 32.9 Å². The molecule has 1 rings (SSSR count). The van der Waals surface area contributed by atoms with E-state index >= 15 is 0 Å². The fourth-order valence-corrected chi connectivity index (χ4v) is 1.81. The number of rotatable bonds is 8. The highest BCUT2D eigenvalue weighted by Gasteiger charge is 2.13. The molecule has 0 spiro atoms. The molecular formula is C14H23NO3. The average molecular weight is 253 g/mol. The summed E-state index contributed by atoms with van der Waals surface area (Å²) in [5, 5.41) is 0. The van der Waals surface area contributed by atoms with E-state index in [-0.39, 0.29) is 0 Å². The van der Waals surface area contributed by atoms with Crippen molar-refractivity contribution in [1.29, 1.82) is 0 Å². The van der Waals surface area contributed by atoms with Gasteiger partial charge in [-0.25, -0.2) is 0 Å². The molecule has 102 valence electrons. The van der Waals surface area contributed by atoms with E-state index in [4.69, 9.17) is 19.9 Å². The Hall–Kier alpha value is -1.42. The number of benzene rings is 1. The summed E-state index contributed by atoms with van der Waals surface area (Å²) in [5.74, 6) is 2.37. The second-order valence-electron chi connectivity index (χ2n) is 3.74. The van der Waals surface area contributed by atoms with Crippen LogP contribution in [0.4, 0.5) is 0 Å². The molecule has 0 radical (unpaired) electrons. The first-order chi connectivity index (χ1) is 8.76. The van der Waals surface area contributed by atoms with Gasteiger partial charge in [0.15, 0.2) is 0 Å². The lowest BCUT2D eigenvalue weighted by Crippen LogP contribution is -2.08. The van der Waals surface area contributed by atoms with Gasteiger partial charge < -0.3 is 19.9 Å². The van der Waals surface area contributed by atoms with Gasteiger partial charge in [0.25, 0.3) is 0 Å². The molecule has 0 fully saturated rings. The van der Waals surface area contributed by atoms with Crippen LogP contribution in [-0.2, 0) is 6.42 Å². The average Bonchev–Trinajstić information content (AvgIpc) is 2.34. The second-order valence-corrected chi connectivity index (χ2v) is 3.74. The maximum absolute atomic E-state index is 5.65. The molecule has 0 aliphatic rings. The minimum Gasteiger partial charge on any atom is -0.494 e. The van der Waals surface area contributed by atoms with Gasteiger partial charge in [0, 0.05) is 17.7 Å². The van der Waals surface area contributed by atoms with Gasteiger partial charge in [-0.2, -0.15) is 0 Å². The Bertz CT molecular complexity index is 339. The van der Waals surface area contributed by atoms with Gasteiger partial charge in [-0.05, 0) is 33.7 Å². The fourth-order valence-electron chi connectivity index (χ4n) is 1.81. The Labute approximate surface area is 109 Å². The number of ether oxygens (including phenoxy) is 3. The van der Waals surface area contributed by atoms with E-state index in [0.29, 0.717) is 26.4 Å². The highest BCUT2D eigenvalue weighted by atomic mass is 16.5. The van der Waals surface area contributed by atoms with Crippen LogP contribution < -0.4 is 19.9 Å². The standard InChI is InChI=1S/C14H23NO3/c1-4-16-11-9-13(17-5-2)12(7-8-15)14(10-11)18-6-3/h9-10H,4-8,15H2,1-3H3. The molecule has 0 aromatic heterocycles. The van der Waals surface area contributed by atoms with E-state index < -0.39 is 0 Å². The first kappa shape index (κ1) is 14.6. The SMILES string of the molecule is CCOc1cc(OCC)c(CCN)c(OCC)c1. The smallest absolute Gasteiger partial charge is 0.129 e. The van der Waals surface area contributed by atoms with Crippen molar-refractivity contribution >= 4 is 0 Å². The van der Waals surface area contributed by atoms with Gasteiger partial charge in [0.2, 0.25) is 0 Å². The number of hydrogen-bond donors (Lipinski definition) is 1. The third kappa shape index (κ3) is 3.81. The van der Waals surface area contributed by atoms with Gasteiger partial charge in [0.1, 0.15) is 17.2 Å². The van der Waals surface area contributed by atoms with Crippen LogP contribution >= 0.6 is 0 Å². The highest BCUT2D eigenvalue weighted by molar-refractivity contribution is 5.51. The first-order valence-electron chi connectivity index (χ1n) is 6.52. The van der Waals surface area contributed by atoms with Crippen molar-refractivity contribution in [3.63, 3.8) is 0 Å². The van der Waals surface area contributed by atoms with Crippen molar-refractivity contribution < 1.29 is 14.2 Å². The Morgan fingerprint density at radius 2 is 1.39 bits per heavy atom. The van der Waals surface area contributed by atoms with Gasteiger partial charge in [0.05, 0.1) is 19.8 Å². The molecule has 4 nitrogen and oxygen atoms in total. The normalized spacial score (nSPS) is 10.2. The third-order valence-corrected chi connectivity index (χ3v) is 2.45. The zero-order valence-corrected chi connectivity index (χ0v) is 11.5. The quantitative estimate of drug-likeness (QED) is 0.773. The van der Waals surface area contributed by atoms with Gasteiger partial charge in [-0.3, -0.25) is 0 Å². The predicted octanol–water partition coefficient (Wildman–Crippen LogP) is 2.38. The van der Waals surface area contributed by atoms with E-state index in [1.54, 1.807) is 0 Å². The van der Waals surface area contributed by atoms with Crippen molar-refractivity contribution in [2.45, 2.75) is 27.2 Å². The van der Waals surface area contributed by atoms with Crippen molar-refractivity contribution in [3.05, 3.63) is 17.7 Å². The molecule has 2 N–H and O–H groups in total. The molecule has 0 bridgehead atoms. The minimum atomic E-state index is 0.564. The van der Waals surface area contributed by atoms with Crippen LogP contribution in [0.15, 0.2) is 12.1 Å². The Morgan fingerprint density at radius 1 is 0.889 bits per heavy atom. The molecule has 0 aliphatic heterocycles. The molecule has 0 saturated carbocycles. The third-order valence-electron chi connectivity index (χ3n) is 2.45. The van der Waals surface area contributed by atoms with Crippen LogP contribution in [-0.4, -0.2) is 26.4 Å². The summed E-state index contributed by atoms with van der Waals surface area (Å²) in [6, 6.07) is 3.81. The van der Waals surface area contributed by atoms with E-state index in [9.17, 15) is 0 Å². The lowest BCUT2D eigenvalue weighted by Gasteiger charge is -2.17. The van der Waals surface area contributed by atoms with Crippen LogP contribution in [0.2, 0.25) is 0 Å². The van der Waals surface area contributed by atoms with Crippen LogP contribution in [0.1, 0.15) is 26.3 Å². The second kappa shape index (κ2) is 7.82. The van der Waals surface area contributed by atoms with Crippen molar-refractivity contribution in [2.24, 2.45) is 5.73 Å². The van der Waals surface area contributed by atoms with Crippen LogP contribution in [0.3, 0.4) is 0 Å². The molecule has 18 heavy (non-hydrogen) atoms. The lowest BCUT2D eigenvalue weighted by molar-refractivity contribution is 0.302.